The number of benzene rings is 1. The van der Waals surface area contributed by atoms with Crippen molar-refractivity contribution in [1.29, 1.82) is 0 Å². The molecule has 0 amide bonds. The van der Waals surface area contributed by atoms with E-state index in [2.05, 4.69) is 16.8 Å². The van der Waals surface area contributed by atoms with E-state index in [0.29, 0.717) is 0 Å². The lowest BCUT2D eigenvalue weighted by Gasteiger charge is -2.21. The van der Waals surface area contributed by atoms with E-state index < -0.39 is 11.6 Å². The number of rotatable bonds is 4. The average Bonchev–Trinajstić information content (AvgIpc) is 2.81. The molecule has 6 heteroatoms. The lowest BCUT2D eigenvalue weighted by atomic mass is 10.1. The Kier molecular flexibility index (Phi) is 5.58. The van der Waals surface area contributed by atoms with E-state index in [1.54, 1.807) is 25.3 Å². The normalized spacial score (nSPS) is 12.2. The van der Waals surface area contributed by atoms with Gasteiger partial charge in [0.2, 0.25) is 5.28 Å². The summed E-state index contributed by atoms with van der Waals surface area (Å²) < 4.78 is 7.04. The smallest absolute Gasteiger partial charge is 0.359 e. The summed E-state index contributed by atoms with van der Waals surface area (Å²) in [6.45, 7) is 7.00. The molecule has 126 valence electrons. The molecule has 2 rings (SSSR count). The van der Waals surface area contributed by atoms with Crippen LogP contribution in [0.25, 0.3) is 0 Å². The van der Waals surface area contributed by atoms with Gasteiger partial charge in [-0.2, -0.15) is 0 Å². The van der Waals surface area contributed by atoms with E-state index in [1.807, 2.05) is 37.3 Å². The zero-order valence-electron chi connectivity index (χ0n) is 13.9. The minimum atomic E-state index is -0.938. The Morgan fingerprint density at radius 1 is 1.29 bits per heavy atom. The third kappa shape index (κ3) is 3.92. The standard InChI is InChI=1S/C18H18Cl2N2O2/c1-5-11-18(3,4)24-16(23)14-15(19)21-17(20)22(14)12(2)13-9-7-6-8-10-13/h6-10,12H,1-4H3/t12-/m1/s1. The summed E-state index contributed by atoms with van der Waals surface area (Å²) in [6, 6.07) is 9.39. The van der Waals surface area contributed by atoms with Crippen molar-refractivity contribution in [3.8, 4) is 11.8 Å². The van der Waals surface area contributed by atoms with Crippen LogP contribution in [0.5, 0.6) is 0 Å². The highest BCUT2D eigenvalue weighted by Gasteiger charge is 2.30. The summed E-state index contributed by atoms with van der Waals surface area (Å²) in [5.74, 6) is 4.95. The van der Waals surface area contributed by atoms with Crippen molar-refractivity contribution in [3.05, 3.63) is 52.0 Å². The van der Waals surface area contributed by atoms with Crippen LogP contribution in [-0.4, -0.2) is 21.1 Å². The van der Waals surface area contributed by atoms with Gasteiger partial charge in [-0.1, -0.05) is 47.9 Å². The second-order valence-corrected chi connectivity index (χ2v) is 6.45. The highest BCUT2D eigenvalue weighted by molar-refractivity contribution is 6.34. The van der Waals surface area contributed by atoms with E-state index in [4.69, 9.17) is 27.9 Å². The molecule has 24 heavy (non-hydrogen) atoms. The van der Waals surface area contributed by atoms with Crippen LogP contribution < -0.4 is 0 Å². The number of nitrogens with zero attached hydrogens (tertiary/aromatic N) is 2. The zero-order valence-corrected chi connectivity index (χ0v) is 15.4. The molecule has 1 heterocycles. The molecule has 0 N–H and O–H groups in total. The number of ether oxygens (including phenoxy) is 1. The molecule has 0 radical (unpaired) electrons. The largest absolute Gasteiger partial charge is 0.442 e. The Morgan fingerprint density at radius 2 is 1.92 bits per heavy atom. The Labute approximate surface area is 151 Å². The second-order valence-electron chi connectivity index (χ2n) is 5.75. The predicted octanol–water partition coefficient (Wildman–Crippen LogP) is 4.76. The van der Waals surface area contributed by atoms with Gasteiger partial charge < -0.3 is 9.30 Å². The molecule has 0 spiro atoms. The number of halogens is 2. The van der Waals surface area contributed by atoms with Crippen molar-refractivity contribution in [2.24, 2.45) is 0 Å². The Hall–Kier alpha value is -1.96. The molecule has 4 nitrogen and oxygen atoms in total. The summed E-state index contributed by atoms with van der Waals surface area (Å²) in [7, 11) is 0. The first kappa shape index (κ1) is 18.4. The van der Waals surface area contributed by atoms with Gasteiger partial charge in [-0.15, -0.1) is 5.92 Å². The van der Waals surface area contributed by atoms with Crippen molar-refractivity contribution < 1.29 is 9.53 Å². The molecule has 0 unspecified atom stereocenters. The number of imidazole rings is 1. The summed E-state index contributed by atoms with van der Waals surface area (Å²) in [5, 5.41) is 0.135. The fourth-order valence-corrected chi connectivity index (χ4v) is 3.01. The third-order valence-corrected chi connectivity index (χ3v) is 3.99. The monoisotopic (exact) mass is 364 g/mol. The number of carbonyl (C=O) groups is 1. The number of aromatic nitrogens is 2. The van der Waals surface area contributed by atoms with E-state index in [0.717, 1.165) is 5.56 Å². The van der Waals surface area contributed by atoms with Crippen molar-refractivity contribution in [3.63, 3.8) is 0 Å². The van der Waals surface area contributed by atoms with Crippen LogP contribution in [-0.2, 0) is 4.74 Å². The maximum absolute atomic E-state index is 12.6. The molecule has 0 aliphatic rings. The SMILES string of the molecule is CC#CC(C)(C)OC(=O)c1c(Cl)nc(Cl)n1[C@H](C)c1ccccc1. The lowest BCUT2D eigenvalue weighted by Crippen LogP contribution is -2.28. The van der Waals surface area contributed by atoms with Gasteiger partial charge in [-0.05, 0) is 44.9 Å². The first-order valence-corrected chi connectivity index (χ1v) is 8.18. The fourth-order valence-electron chi connectivity index (χ4n) is 2.40. The molecule has 0 saturated carbocycles. The van der Waals surface area contributed by atoms with E-state index in [1.165, 1.54) is 0 Å². The molecular weight excluding hydrogens is 347 g/mol. The van der Waals surface area contributed by atoms with Gasteiger partial charge in [0, 0.05) is 0 Å². The van der Waals surface area contributed by atoms with Crippen molar-refractivity contribution in [2.45, 2.75) is 39.3 Å². The number of hydrogen-bond acceptors (Lipinski definition) is 3. The topological polar surface area (TPSA) is 44.1 Å². The van der Waals surface area contributed by atoms with Crippen LogP contribution in [0.15, 0.2) is 30.3 Å². The molecule has 0 aliphatic heterocycles. The summed E-state index contributed by atoms with van der Waals surface area (Å²) >= 11 is 12.3. The Balaban J connectivity index is 2.44. The van der Waals surface area contributed by atoms with Gasteiger partial charge in [0.1, 0.15) is 0 Å². The van der Waals surface area contributed by atoms with Crippen LogP contribution in [0.4, 0.5) is 0 Å². The average molecular weight is 365 g/mol. The van der Waals surface area contributed by atoms with Crippen molar-refractivity contribution in [1.82, 2.24) is 9.55 Å². The van der Waals surface area contributed by atoms with E-state index in [9.17, 15) is 4.79 Å². The van der Waals surface area contributed by atoms with E-state index >= 15 is 0 Å². The van der Waals surface area contributed by atoms with Crippen molar-refractivity contribution >= 4 is 29.2 Å². The minimum Gasteiger partial charge on any atom is -0.442 e. The zero-order chi connectivity index (χ0) is 17.9. The first-order valence-electron chi connectivity index (χ1n) is 7.42. The van der Waals surface area contributed by atoms with Crippen molar-refractivity contribution in [2.75, 3.05) is 0 Å². The van der Waals surface area contributed by atoms with Crippen LogP contribution in [0.2, 0.25) is 10.4 Å². The first-order chi connectivity index (χ1) is 11.3. The summed E-state index contributed by atoms with van der Waals surface area (Å²) in [6.07, 6.45) is 0. The minimum absolute atomic E-state index is 0.00744. The highest BCUT2D eigenvalue weighted by atomic mass is 35.5. The van der Waals surface area contributed by atoms with Gasteiger partial charge in [0.05, 0.1) is 6.04 Å². The predicted molar refractivity (Wildman–Crippen MR) is 95.4 cm³/mol. The Morgan fingerprint density at radius 3 is 2.50 bits per heavy atom. The van der Waals surface area contributed by atoms with Crippen LogP contribution in [0, 0.1) is 11.8 Å². The van der Waals surface area contributed by atoms with Gasteiger partial charge in [0.25, 0.3) is 0 Å². The van der Waals surface area contributed by atoms with Gasteiger partial charge in [-0.25, -0.2) is 9.78 Å². The second kappa shape index (κ2) is 7.29. The number of hydrogen-bond donors (Lipinski definition) is 0. The van der Waals surface area contributed by atoms with Crippen LogP contribution in [0.3, 0.4) is 0 Å². The molecule has 0 bridgehead atoms. The summed E-state index contributed by atoms with van der Waals surface area (Å²) in [5.41, 5.74) is 0.145. The number of carbonyl (C=O) groups excluding carboxylic acids is 1. The Bertz CT molecular complexity index is 802. The maximum Gasteiger partial charge on any atom is 0.359 e. The lowest BCUT2D eigenvalue weighted by molar-refractivity contribution is 0.0191. The number of esters is 1. The van der Waals surface area contributed by atoms with Crippen LogP contribution >= 0.6 is 23.2 Å². The molecule has 2 aromatic rings. The third-order valence-electron chi connectivity index (χ3n) is 3.46. The molecule has 0 fully saturated rings. The highest BCUT2D eigenvalue weighted by Crippen LogP contribution is 2.30. The molecule has 1 aromatic carbocycles. The fraction of sp³-hybridized carbons (Fsp3) is 0.333. The van der Waals surface area contributed by atoms with Gasteiger partial charge in [0.15, 0.2) is 16.4 Å². The van der Waals surface area contributed by atoms with Crippen LogP contribution in [0.1, 0.15) is 49.8 Å². The van der Waals surface area contributed by atoms with Gasteiger partial charge in [-0.3, -0.25) is 0 Å². The molecule has 1 aromatic heterocycles. The van der Waals surface area contributed by atoms with E-state index in [-0.39, 0.29) is 22.2 Å². The molecule has 1 atom stereocenters. The quantitative estimate of drug-likeness (QED) is 0.580. The maximum atomic E-state index is 12.6. The molecular formula is C18H18Cl2N2O2. The molecule has 0 saturated heterocycles. The van der Waals surface area contributed by atoms with Gasteiger partial charge >= 0.3 is 5.97 Å². The summed E-state index contributed by atoms with van der Waals surface area (Å²) in [4.78, 5) is 16.6. The molecule has 0 aliphatic carbocycles.